The molecule has 2 unspecified atom stereocenters. The van der Waals surface area contributed by atoms with E-state index >= 15 is 0 Å². The Bertz CT molecular complexity index is 429. The summed E-state index contributed by atoms with van der Waals surface area (Å²) in [5.74, 6) is 0. The maximum absolute atomic E-state index is 11.2. The molecule has 0 spiro atoms. The molecule has 0 aliphatic carbocycles. The van der Waals surface area contributed by atoms with Gasteiger partial charge in [0.2, 0.25) is 0 Å². The van der Waals surface area contributed by atoms with Gasteiger partial charge in [0.25, 0.3) is 0 Å². The summed E-state index contributed by atoms with van der Waals surface area (Å²) < 4.78 is 33.5. The standard InChI is InChI=1S/C23H48O4S.K/c1-3-5-6-12-15-19-22(24)20-16-13-10-8-7-9-11-14-17-21-23(18-4-2)28(25,26)27;/h22-24H,3-21H2,1-2H3,(H,25,26,27);/q;+1/p-1. The summed E-state index contributed by atoms with van der Waals surface area (Å²) in [6.07, 6.45) is 20.2. The van der Waals surface area contributed by atoms with Gasteiger partial charge in [-0.15, -0.1) is 0 Å². The minimum Gasteiger partial charge on any atom is -0.748 e. The largest absolute Gasteiger partial charge is 1.00 e. The second kappa shape index (κ2) is 22.7. The summed E-state index contributed by atoms with van der Waals surface area (Å²) in [5.41, 5.74) is 0. The van der Waals surface area contributed by atoms with Gasteiger partial charge in [-0.05, 0) is 25.7 Å². The zero-order valence-electron chi connectivity index (χ0n) is 19.7. The monoisotopic (exact) mass is 458 g/mol. The quantitative estimate of drug-likeness (QED) is 0.162. The van der Waals surface area contributed by atoms with Crippen LogP contribution in [0.2, 0.25) is 0 Å². The summed E-state index contributed by atoms with van der Waals surface area (Å²) in [6.45, 7) is 4.15. The van der Waals surface area contributed by atoms with Crippen LogP contribution in [0.15, 0.2) is 0 Å². The van der Waals surface area contributed by atoms with Gasteiger partial charge in [-0.25, -0.2) is 8.42 Å². The van der Waals surface area contributed by atoms with Crippen molar-refractivity contribution in [2.75, 3.05) is 0 Å². The molecule has 0 saturated carbocycles. The molecule has 0 aliphatic heterocycles. The molecular formula is C23H47KO4S. The van der Waals surface area contributed by atoms with Gasteiger partial charge in [-0.2, -0.15) is 0 Å². The van der Waals surface area contributed by atoms with E-state index < -0.39 is 15.4 Å². The van der Waals surface area contributed by atoms with Crippen LogP contribution in [-0.4, -0.2) is 29.4 Å². The molecule has 0 rings (SSSR count). The summed E-state index contributed by atoms with van der Waals surface area (Å²) in [6, 6.07) is 0. The molecular weight excluding hydrogens is 411 g/mol. The molecule has 1 N–H and O–H groups in total. The van der Waals surface area contributed by atoms with Crippen molar-refractivity contribution in [1.29, 1.82) is 0 Å². The Morgan fingerprint density at radius 3 is 1.38 bits per heavy atom. The fourth-order valence-corrected chi connectivity index (χ4v) is 4.85. The van der Waals surface area contributed by atoms with Crippen LogP contribution in [-0.2, 0) is 10.1 Å². The summed E-state index contributed by atoms with van der Waals surface area (Å²) >= 11 is 0. The molecule has 0 saturated heterocycles. The van der Waals surface area contributed by atoms with Crippen LogP contribution in [0.5, 0.6) is 0 Å². The van der Waals surface area contributed by atoms with E-state index in [1.54, 1.807) is 0 Å². The van der Waals surface area contributed by atoms with Gasteiger partial charge in [-0.3, -0.25) is 0 Å². The molecule has 0 fully saturated rings. The maximum Gasteiger partial charge on any atom is 1.00 e. The van der Waals surface area contributed by atoms with Gasteiger partial charge in [0.15, 0.2) is 0 Å². The molecule has 0 bridgehead atoms. The first-order valence-electron chi connectivity index (χ1n) is 12.0. The van der Waals surface area contributed by atoms with E-state index in [9.17, 15) is 18.1 Å². The summed E-state index contributed by atoms with van der Waals surface area (Å²) in [4.78, 5) is 0. The fourth-order valence-electron chi connectivity index (χ4n) is 3.87. The molecule has 0 amide bonds. The first-order valence-corrected chi connectivity index (χ1v) is 13.5. The average Bonchev–Trinajstić information content (AvgIpc) is 2.64. The number of hydrogen-bond donors (Lipinski definition) is 1. The normalized spacial score (nSPS) is 13.8. The van der Waals surface area contributed by atoms with Crippen molar-refractivity contribution < 1.29 is 69.5 Å². The second-order valence-electron chi connectivity index (χ2n) is 8.52. The second-order valence-corrected chi connectivity index (χ2v) is 10.2. The molecule has 4 nitrogen and oxygen atoms in total. The fraction of sp³-hybridized carbons (Fsp3) is 1.00. The van der Waals surface area contributed by atoms with Gasteiger partial charge < -0.3 is 9.66 Å². The van der Waals surface area contributed by atoms with Gasteiger partial charge in [0.05, 0.1) is 16.2 Å². The average molecular weight is 459 g/mol. The molecule has 29 heavy (non-hydrogen) atoms. The third-order valence-corrected chi connectivity index (χ3v) is 7.01. The van der Waals surface area contributed by atoms with E-state index in [0.29, 0.717) is 12.8 Å². The number of hydrogen-bond acceptors (Lipinski definition) is 4. The number of aliphatic hydroxyl groups excluding tert-OH is 1. The Balaban J connectivity index is 0. The van der Waals surface area contributed by atoms with Crippen LogP contribution >= 0.6 is 0 Å². The molecule has 0 heterocycles. The molecule has 6 heteroatoms. The van der Waals surface area contributed by atoms with E-state index in [4.69, 9.17) is 0 Å². The Morgan fingerprint density at radius 1 is 0.621 bits per heavy atom. The molecule has 0 radical (unpaired) electrons. The van der Waals surface area contributed by atoms with Crippen molar-refractivity contribution >= 4 is 10.1 Å². The van der Waals surface area contributed by atoms with Crippen molar-refractivity contribution in [2.45, 2.75) is 147 Å². The van der Waals surface area contributed by atoms with Gasteiger partial charge >= 0.3 is 51.4 Å². The van der Waals surface area contributed by atoms with E-state index in [1.165, 1.54) is 64.2 Å². The van der Waals surface area contributed by atoms with E-state index in [0.717, 1.165) is 44.9 Å². The van der Waals surface area contributed by atoms with Crippen LogP contribution in [0.4, 0.5) is 0 Å². The first-order chi connectivity index (χ1) is 13.4. The van der Waals surface area contributed by atoms with Crippen molar-refractivity contribution in [2.24, 2.45) is 0 Å². The molecule has 0 aromatic heterocycles. The summed E-state index contributed by atoms with van der Waals surface area (Å²) in [7, 11) is -4.12. The Labute approximate surface area is 224 Å². The molecule has 0 aromatic carbocycles. The molecule has 0 aliphatic rings. The number of rotatable bonds is 21. The third kappa shape index (κ3) is 22.5. The number of aliphatic hydroxyl groups is 1. The van der Waals surface area contributed by atoms with E-state index in [1.807, 2.05) is 6.92 Å². The maximum atomic E-state index is 11.2. The minimum atomic E-state index is -4.12. The van der Waals surface area contributed by atoms with Crippen LogP contribution in [0.1, 0.15) is 136 Å². The van der Waals surface area contributed by atoms with Crippen LogP contribution in [0, 0.1) is 0 Å². The molecule has 170 valence electrons. The van der Waals surface area contributed by atoms with Crippen LogP contribution in [0.25, 0.3) is 0 Å². The molecule has 0 aromatic rings. The van der Waals surface area contributed by atoms with Crippen molar-refractivity contribution in [1.82, 2.24) is 0 Å². The zero-order valence-corrected chi connectivity index (χ0v) is 23.6. The number of unbranched alkanes of at least 4 members (excludes halogenated alkanes) is 12. The SMILES string of the molecule is CCCCCCCC(O)CCCCCCCCCCCC(CCC)S(=O)(=O)[O-].[K+]. The third-order valence-electron chi connectivity index (χ3n) is 5.72. The minimum absolute atomic E-state index is 0. The van der Waals surface area contributed by atoms with Gasteiger partial charge in [-0.1, -0.05) is 110 Å². The Morgan fingerprint density at radius 2 is 1.00 bits per heavy atom. The van der Waals surface area contributed by atoms with E-state index in [-0.39, 0.29) is 57.5 Å². The van der Waals surface area contributed by atoms with Gasteiger partial charge in [0, 0.05) is 5.25 Å². The smallest absolute Gasteiger partial charge is 0.748 e. The van der Waals surface area contributed by atoms with Crippen molar-refractivity contribution in [3.63, 3.8) is 0 Å². The predicted molar refractivity (Wildman–Crippen MR) is 119 cm³/mol. The van der Waals surface area contributed by atoms with Gasteiger partial charge in [0.1, 0.15) is 0 Å². The predicted octanol–water partition coefficient (Wildman–Crippen LogP) is 3.72. The van der Waals surface area contributed by atoms with Crippen LogP contribution < -0.4 is 51.4 Å². The zero-order chi connectivity index (χ0) is 21.1. The first kappa shape index (κ1) is 32.7. The van der Waals surface area contributed by atoms with Crippen LogP contribution in [0.3, 0.4) is 0 Å². The molecule has 2 atom stereocenters. The van der Waals surface area contributed by atoms with Crippen molar-refractivity contribution in [3.8, 4) is 0 Å². The van der Waals surface area contributed by atoms with E-state index in [2.05, 4.69) is 6.92 Å². The topological polar surface area (TPSA) is 77.4 Å². The van der Waals surface area contributed by atoms with Crippen molar-refractivity contribution in [3.05, 3.63) is 0 Å². The summed E-state index contributed by atoms with van der Waals surface area (Å²) in [5, 5.41) is 9.32. The Kier molecular flexibility index (Phi) is 25.6. The Hall–Kier alpha value is 1.51.